The summed E-state index contributed by atoms with van der Waals surface area (Å²) in [4.78, 5) is 29.7. The Hall–Kier alpha value is -2.72. The molecule has 2 N–H and O–H groups in total. The van der Waals surface area contributed by atoms with E-state index in [2.05, 4.69) is 27.1 Å². The van der Waals surface area contributed by atoms with Gasteiger partial charge in [0.1, 0.15) is 0 Å². The van der Waals surface area contributed by atoms with Gasteiger partial charge in [0.05, 0.1) is 11.5 Å². The molecule has 1 saturated carbocycles. The van der Waals surface area contributed by atoms with Crippen LogP contribution in [0.1, 0.15) is 50.5 Å². The number of ether oxygens (including phenoxy) is 1. The number of carbonyl (C=O) groups excluding carboxylic acids is 2. The van der Waals surface area contributed by atoms with E-state index in [1.807, 2.05) is 19.1 Å². The van der Waals surface area contributed by atoms with Gasteiger partial charge in [-0.1, -0.05) is 5.92 Å². The van der Waals surface area contributed by atoms with Crippen molar-refractivity contribution in [1.29, 1.82) is 0 Å². The summed E-state index contributed by atoms with van der Waals surface area (Å²) in [5.41, 5.74) is 2.37. The number of hydrogen-bond donors (Lipinski definition) is 2. The lowest BCUT2D eigenvalue weighted by Gasteiger charge is -2.41. The Morgan fingerprint density at radius 3 is 2.78 bits per heavy atom. The third kappa shape index (κ3) is 4.56. The largest absolute Gasteiger partial charge is 0.436 e. The molecule has 1 aromatic rings. The smallest absolute Gasteiger partial charge is 0.412 e. The number of hydrogen-bond acceptors (Lipinski definition) is 5. The molecule has 1 aliphatic carbocycles. The number of amides is 2. The maximum atomic E-state index is 13.5. The molecule has 1 spiro atoms. The van der Waals surface area contributed by atoms with Crippen LogP contribution >= 0.6 is 0 Å². The first-order valence-electron chi connectivity index (χ1n) is 11.6. The van der Waals surface area contributed by atoms with Crippen LogP contribution in [0.15, 0.2) is 18.2 Å². The Bertz CT molecular complexity index is 903. The van der Waals surface area contributed by atoms with Gasteiger partial charge in [-0.15, -0.1) is 6.42 Å². The molecule has 7 heteroatoms. The molecule has 0 unspecified atom stereocenters. The van der Waals surface area contributed by atoms with E-state index in [9.17, 15) is 14.7 Å². The van der Waals surface area contributed by atoms with Crippen molar-refractivity contribution < 1.29 is 19.4 Å². The summed E-state index contributed by atoms with van der Waals surface area (Å²) in [7, 11) is 0. The fourth-order valence-corrected chi connectivity index (χ4v) is 5.53. The number of piperidine rings is 1. The zero-order valence-corrected chi connectivity index (χ0v) is 18.8. The summed E-state index contributed by atoms with van der Waals surface area (Å²) < 4.78 is 4.89. The molecule has 0 radical (unpaired) electrons. The second kappa shape index (κ2) is 9.41. The van der Waals surface area contributed by atoms with Gasteiger partial charge in [-0.05, 0) is 75.6 Å². The number of nitrogens with one attached hydrogen (secondary N) is 1. The molecule has 1 atom stereocenters. The predicted molar refractivity (Wildman–Crippen MR) is 123 cm³/mol. The van der Waals surface area contributed by atoms with Crippen molar-refractivity contribution in [2.24, 2.45) is 5.41 Å². The van der Waals surface area contributed by atoms with Gasteiger partial charge in [-0.25, -0.2) is 4.79 Å². The van der Waals surface area contributed by atoms with E-state index < -0.39 is 6.09 Å². The van der Waals surface area contributed by atoms with Crippen LogP contribution < -0.4 is 10.2 Å². The SMILES string of the molecule is C#CCOC(=O)Nc1ccc(N2CCC[C@@]3(CCN([C@H]4CC[C@H](O)CC4)C3=O)C2)cc1C. The summed E-state index contributed by atoms with van der Waals surface area (Å²) in [5.74, 6) is 2.57. The molecule has 2 saturated heterocycles. The van der Waals surface area contributed by atoms with Crippen molar-refractivity contribution in [2.75, 3.05) is 36.5 Å². The first kappa shape index (κ1) is 22.5. The molecule has 7 nitrogen and oxygen atoms in total. The van der Waals surface area contributed by atoms with Gasteiger partial charge in [0.15, 0.2) is 6.61 Å². The monoisotopic (exact) mass is 439 g/mol. The molecule has 1 aromatic carbocycles. The van der Waals surface area contributed by atoms with Crippen LogP contribution in [0.25, 0.3) is 0 Å². The van der Waals surface area contributed by atoms with E-state index in [1.54, 1.807) is 0 Å². The third-order valence-electron chi connectivity index (χ3n) is 7.33. The number of rotatable bonds is 4. The Labute approximate surface area is 190 Å². The molecule has 172 valence electrons. The fraction of sp³-hybridized carbons (Fsp3) is 0.600. The van der Waals surface area contributed by atoms with Gasteiger partial charge in [-0.3, -0.25) is 10.1 Å². The minimum Gasteiger partial charge on any atom is -0.436 e. The highest BCUT2D eigenvalue weighted by molar-refractivity contribution is 5.87. The van der Waals surface area contributed by atoms with Crippen LogP contribution in [0.2, 0.25) is 0 Å². The molecule has 32 heavy (non-hydrogen) atoms. The summed E-state index contributed by atoms with van der Waals surface area (Å²) >= 11 is 0. The number of anilines is 2. The second-order valence-corrected chi connectivity index (χ2v) is 9.42. The van der Waals surface area contributed by atoms with E-state index in [0.717, 1.165) is 75.8 Å². The molecule has 0 aromatic heterocycles. The first-order valence-corrected chi connectivity index (χ1v) is 11.6. The third-order valence-corrected chi connectivity index (χ3v) is 7.33. The molecule has 3 fully saturated rings. The molecule has 3 aliphatic rings. The highest BCUT2D eigenvalue weighted by atomic mass is 16.5. The average molecular weight is 440 g/mol. The second-order valence-electron chi connectivity index (χ2n) is 9.42. The lowest BCUT2D eigenvalue weighted by atomic mass is 9.78. The Morgan fingerprint density at radius 2 is 2.06 bits per heavy atom. The van der Waals surface area contributed by atoms with E-state index in [0.29, 0.717) is 11.6 Å². The molecule has 0 bridgehead atoms. The topological polar surface area (TPSA) is 82.1 Å². The van der Waals surface area contributed by atoms with Gasteiger partial charge < -0.3 is 19.6 Å². The molecule has 4 rings (SSSR count). The number of aryl methyl sites for hydroxylation is 1. The number of likely N-dealkylation sites (tertiary alicyclic amines) is 1. The van der Waals surface area contributed by atoms with Crippen molar-refractivity contribution in [3.05, 3.63) is 23.8 Å². The fourth-order valence-electron chi connectivity index (χ4n) is 5.53. The predicted octanol–water partition coefficient (Wildman–Crippen LogP) is 3.30. The van der Waals surface area contributed by atoms with Gasteiger partial charge in [0.2, 0.25) is 5.91 Å². The lowest BCUT2D eigenvalue weighted by molar-refractivity contribution is -0.139. The number of terminal acetylenes is 1. The average Bonchev–Trinajstić information content (AvgIpc) is 3.09. The molecular weight excluding hydrogens is 406 g/mol. The van der Waals surface area contributed by atoms with Crippen LogP contribution in [0.3, 0.4) is 0 Å². The van der Waals surface area contributed by atoms with Crippen molar-refractivity contribution in [3.63, 3.8) is 0 Å². The van der Waals surface area contributed by atoms with Crippen molar-refractivity contribution in [2.45, 2.75) is 64.0 Å². The Kier molecular flexibility index (Phi) is 6.61. The Balaban J connectivity index is 1.43. The number of carbonyl (C=O) groups is 2. The highest BCUT2D eigenvalue weighted by Crippen LogP contribution is 2.43. The van der Waals surface area contributed by atoms with Gasteiger partial charge in [0, 0.05) is 37.1 Å². The maximum absolute atomic E-state index is 13.5. The van der Waals surface area contributed by atoms with Crippen molar-refractivity contribution >= 4 is 23.4 Å². The normalized spacial score (nSPS) is 28.0. The standard InChI is InChI=1S/C25H33N3O4/c1-3-15-32-24(31)26-22-10-7-20(16-18(22)2)27-13-4-11-25(17-27)12-14-28(23(25)30)19-5-8-21(29)9-6-19/h1,7,10,16,19,21,29H,4-6,8-9,11-15,17H2,2H3,(H,26,31)/t19-,21-,25-/m1/s1. The minimum atomic E-state index is -0.567. The first-order chi connectivity index (χ1) is 15.4. The van der Waals surface area contributed by atoms with Gasteiger partial charge in [-0.2, -0.15) is 0 Å². The van der Waals surface area contributed by atoms with Gasteiger partial charge >= 0.3 is 6.09 Å². The molecule has 2 amide bonds. The maximum Gasteiger partial charge on any atom is 0.412 e. The van der Waals surface area contributed by atoms with E-state index in [-0.39, 0.29) is 24.2 Å². The van der Waals surface area contributed by atoms with Crippen LogP contribution in [0, 0.1) is 24.7 Å². The molecular formula is C25H33N3O4. The number of benzene rings is 1. The number of nitrogens with zero attached hydrogens (tertiary/aromatic N) is 2. The summed E-state index contributed by atoms with van der Waals surface area (Å²) in [6, 6.07) is 6.19. The van der Waals surface area contributed by atoms with Crippen LogP contribution in [-0.2, 0) is 9.53 Å². The molecule has 2 heterocycles. The number of aliphatic hydroxyl groups is 1. The zero-order chi connectivity index (χ0) is 22.7. The summed E-state index contributed by atoms with van der Waals surface area (Å²) in [5, 5.41) is 12.5. The Morgan fingerprint density at radius 1 is 1.28 bits per heavy atom. The van der Waals surface area contributed by atoms with E-state index in [1.165, 1.54) is 0 Å². The van der Waals surface area contributed by atoms with E-state index >= 15 is 0 Å². The van der Waals surface area contributed by atoms with Crippen molar-refractivity contribution in [1.82, 2.24) is 4.90 Å². The van der Waals surface area contributed by atoms with Crippen molar-refractivity contribution in [3.8, 4) is 12.3 Å². The lowest BCUT2D eigenvalue weighted by Crippen LogP contribution is -2.50. The zero-order valence-electron chi connectivity index (χ0n) is 18.8. The number of aliphatic hydroxyl groups excluding tert-OH is 1. The quantitative estimate of drug-likeness (QED) is 0.704. The van der Waals surface area contributed by atoms with Gasteiger partial charge in [0.25, 0.3) is 0 Å². The minimum absolute atomic E-state index is 0.0642. The molecule has 2 aliphatic heterocycles. The van der Waals surface area contributed by atoms with Crippen LogP contribution in [0.5, 0.6) is 0 Å². The van der Waals surface area contributed by atoms with Crippen LogP contribution in [-0.4, -0.2) is 60.4 Å². The summed E-state index contributed by atoms with van der Waals surface area (Å²) in [6.07, 6.45) is 10.6. The van der Waals surface area contributed by atoms with E-state index in [4.69, 9.17) is 11.2 Å². The highest BCUT2D eigenvalue weighted by Gasteiger charge is 2.50. The summed E-state index contributed by atoms with van der Waals surface area (Å²) in [6.45, 7) is 4.36. The van der Waals surface area contributed by atoms with Crippen LogP contribution in [0.4, 0.5) is 16.2 Å².